The standard InChI is InChI=1S/C7H11NO4/c9-6-3-1-2-4-7(6,10)5-8(11)12/h10H,1-5H2/t7-/m1/s1. The normalized spacial score (nSPS) is 30.2. The SMILES string of the molecule is O=C1CCCC[C@@]1(O)C[N+](=O)[O-]. The van der Waals surface area contributed by atoms with E-state index in [4.69, 9.17) is 0 Å². The quantitative estimate of drug-likeness (QED) is 0.475. The number of hydrogen-bond donors (Lipinski definition) is 1. The first-order chi connectivity index (χ1) is 5.54. The molecule has 0 spiro atoms. The Morgan fingerprint density at radius 2 is 2.25 bits per heavy atom. The molecule has 1 rings (SSSR count). The van der Waals surface area contributed by atoms with Gasteiger partial charge in [-0.2, -0.15) is 0 Å². The first-order valence-corrected chi connectivity index (χ1v) is 3.92. The van der Waals surface area contributed by atoms with E-state index in [2.05, 4.69) is 0 Å². The van der Waals surface area contributed by atoms with Crippen molar-refractivity contribution in [1.82, 2.24) is 0 Å². The number of carbonyl (C=O) groups excluding carboxylic acids is 1. The zero-order chi connectivity index (χ0) is 9.19. The van der Waals surface area contributed by atoms with Crippen molar-refractivity contribution in [3.63, 3.8) is 0 Å². The highest BCUT2D eigenvalue weighted by Gasteiger charge is 2.42. The number of ketones is 1. The van der Waals surface area contributed by atoms with Crippen LogP contribution in [0.25, 0.3) is 0 Å². The van der Waals surface area contributed by atoms with Crippen LogP contribution in [0.15, 0.2) is 0 Å². The summed E-state index contributed by atoms with van der Waals surface area (Å²) in [6.07, 6.45) is 1.92. The summed E-state index contributed by atoms with van der Waals surface area (Å²) in [6, 6.07) is 0. The van der Waals surface area contributed by atoms with Crippen LogP contribution in [0.1, 0.15) is 25.7 Å². The van der Waals surface area contributed by atoms with Gasteiger partial charge in [-0.15, -0.1) is 0 Å². The Balaban J connectivity index is 2.66. The Morgan fingerprint density at radius 3 is 2.75 bits per heavy atom. The number of Topliss-reactive ketones (excluding diaryl/α,β-unsaturated/α-hetero) is 1. The zero-order valence-electron chi connectivity index (χ0n) is 6.65. The van der Waals surface area contributed by atoms with Crippen LogP contribution < -0.4 is 0 Å². The molecule has 12 heavy (non-hydrogen) atoms. The Kier molecular flexibility index (Phi) is 2.42. The van der Waals surface area contributed by atoms with E-state index in [1.54, 1.807) is 0 Å². The van der Waals surface area contributed by atoms with Crippen LogP contribution >= 0.6 is 0 Å². The van der Waals surface area contributed by atoms with Gasteiger partial charge in [0.1, 0.15) is 0 Å². The fourth-order valence-electron chi connectivity index (χ4n) is 1.46. The lowest BCUT2D eigenvalue weighted by molar-refractivity contribution is -0.497. The Morgan fingerprint density at radius 1 is 1.58 bits per heavy atom. The second-order valence-corrected chi connectivity index (χ2v) is 3.15. The van der Waals surface area contributed by atoms with Gasteiger partial charge in [0.25, 0.3) is 0 Å². The first-order valence-electron chi connectivity index (χ1n) is 3.92. The van der Waals surface area contributed by atoms with Gasteiger partial charge in [0.15, 0.2) is 11.4 Å². The van der Waals surface area contributed by atoms with Crippen LogP contribution in [0, 0.1) is 10.1 Å². The van der Waals surface area contributed by atoms with E-state index in [9.17, 15) is 20.0 Å². The average Bonchev–Trinajstić information content (AvgIpc) is 1.94. The van der Waals surface area contributed by atoms with E-state index in [0.717, 1.165) is 6.42 Å². The molecule has 1 N–H and O–H groups in total. The molecule has 0 heterocycles. The predicted octanol–water partition coefficient (Wildman–Crippen LogP) is 0.137. The molecule has 0 aromatic rings. The van der Waals surface area contributed by atoms with Crippen molar-refractivity contribution in [2.75, 3.05) is 6.54 Å². The lowest BCUT2D eigenvalue weighted by atomic mass is 9.84. The van der Waals surface area contributed by atoms with Crippen molar-refractivity contribution < 1.29 is 14.8 Å². The van der Waals surface area contributed by atoms with Gasteiger partial charge in [0, 0.05) is 11.3 Å². The predicted molar refractivity (Wildman–Crippen MR) is 40.3 cm³/mol. The van der Waals surface area contributed by atoms with Crippen LogP contribution in [-0.2, 0) is 4.79 Å². The molecule has 0 amide bonds. The highest BCUT2D eigenvalue weighted by atomic mass is 16.6. The second-order valence-electron chi connectivity index (χ2n) is 3.15. The Hall–Kier alpha value is -0.970. The third-order valence-corrected chi connectivity index (χ3v) is 2.15. The molecule has 0 aliphatic heterocycles. The van der Waals surface area contributed by atoms with Gasteiger partial charge in [-0.3, -0.25) is 14.9 Å². The molecule has 1 atom stereocenters. The van der Waals surface area contributed by atoms with E-state index in [0.29, 0.717) is 6.42 Å². The summed E-state index contributed by atoms with van der Waals surface area (Å²) in [6.45, 7) is -0.647. The Labute approximate surface area is 69.5 Å². The molecule has 0 radical (unpaired) electrons. The molecule has 0 aromatic heterocycles. The zero-order valence-corrected chi connectivity index (χ0v) is 6.65. The summed E-state index contributed by atoms with van der Waals surface area (Å²) < 4.78 is 0. The molecule has 5 heteroatoms. The molecular weight excluding hydrogens is 162 g/mol. The van der Waals surface area contributed by atoms with E-state index in [-0.39, 0.29) is 18.6 Å². The summed E-state index contributed by atoms with van der Waals surface area (Å²) in [5.41, 5.74) is -1.68. The van der Waals surface area contributed by atoms with E-state index < -0.39 is 17.1 Å². The lowest BCUT2D eigenvalue weighted by Gasteiger charge is -2.26. The van der Waals surface area contributed by atoms with Gasteiger partial charge in [-0.25, -0.2) is 0 Å². The van der Waals surface area contributed by atoms with E-state index >= 15 is 0 Å². The van der Waals surface area contributed by atoms with Gasteiger partial charge in [-0.1, -0.05) is 0 Å². The van der Waals surface area contributed by atoms with Crippen molar-refractivity contribution in [3.05, 3.63) is 10.1 Å². The molecule has 1 aliphatic rings. The van der Waals surface area contributed by atoms with Crippen LogP contribution in [0.5, 0.6) is 0 Å². The van der Waals surface area contributed by atoms with Crippen molar-refractivity contribution in [2.45, 2.75) is 31.3 Å². The smallest absolute Gasteiger partial charge is 0.239 e. The molecule has 5 nitrogen and oxygen atoms in total. The molecule has 68 valence electrons. The topological polar surface area (TPSA) is 80.4 Å². The summed E-state index contributed by atoms with van der Waals surface area (Å²) >= 11 is 0. The molecule has 0 bridgehead atoms. The summed E-state index contributed by atoms with van der Waals surface area (Å²) in [4.78, 5) is 20.6. The minimum atomic E-state index is -1.68. The van der Waals surface area contributed by atoms with E-state index in [1.807, 2.05) is 0 Å². The number of aliphatic hydroxyl groups is 1. The number of carbonyl (C=O) groups is 1. The highest BCUT2D eigenvalue weighted by Crippen LogP contribution is 2.24. The van der Waals surface area contributed by atoms with Crippen molar-refractivity contribution >= 4 is 5.78 Å². The minimum absolute atomic E-state index is 0.229. The number of nitro groups is 1. The summed E-state index contributed by atoms with van der Waals surface area (Å²) in [5.74, 6) is -0.384. The van der Waals surface area contributed by atoms with Crippen LogP contribution in [-0.4, -0.2) is 28.0 Å². The maximum atomic E-state index is 11.1. The van der Waals surface area contributed by atoms with Gasteiger partial charge >= 0.3 is 0 Å². The van der Waals surface area contributed by atoms with Crippen LogP contribution in [0.4, 0.5) is 0 Å². The number of hydrogen-bond acceptors (Lipinski definition) is 4. The molecule has 0 unspecified atom stereocenters. The van der Waals surface area contributed by atoms with Crippen LogP contribution in [0.3, 0.4) is 0 Å². The van der Waals surface area contributed by atoms with Gasteiger partial charge < -0.3 is 5.11 Å². The van der Waals surface area contributed by atoms with Crippen molar-refractivity contribution in [2.24, 2.45) is 0 Å². The third kappa shape index (κ3) is 1.79. The fraction of sp³-hybridized carbons (Fsp3) is 0.857. The average molecular weight is 173 g/mol. The molecule has 0 aromatic carbocycles. The molecule has 1 saturated carbocycles. The molecule has 1 aliphatic carbocycles. The van der Waals surface area contributed by atoms with Gasteiger partial charge in [-0.05, 0) is 19.3 Å². The number of rotatable bonds is 2. The van der Waals surface area contributed by atoms with Gasteiger partial charge in [0.2, 0.25) is 6.54 Å². The summed E-state index contributed by atoms with van der Waals surface area (Å²) in [7, 11) is 0. The maximum Gasteiger partial charge on any atom is 0.239 e. The third-order valence-electron chi connectivity index (χ3n) is 2.15. The largest absolute Gasteiger partial charge is 0.376 e. The number of nitrogens with zero attached hydrogens (tertiary/aromatic N) is 1. The Bertz CT molecular complexity index is 215. The monoisotopic (exact) mass is 173 g/mol. The fourth-order valence-corrected chi connectivity index (χ4v) is 1.46. The first kappa shape index (κ1) is 9.12. The van der Waals surface area contributed by atoms with Gasteiger partial charge in [0.05, 0.1) is 0 Å². The highest BCUT2D eigenvalue weighted by molar-refractivity contribution is 5.87. The molecule has 1 fully saturated rings. The summed E-state index contributed by atoms with van der Waals surface area (Å²) in [5, 5.41) is 19.6. The van der Waals surface area contributed by atoms with Crippen LogP contribution in [0.2, 0.25) is 0 Å². The molecule has 0 saturated heterocycles. The lowest BCUT2D eigenvalue weighted by Crippen LogP contribution is -2.46. The second kappa shape index (κ2) is 3.18. The maximum absolute atomic E-state index is 11.1. The van der Waals surface area contributed by atoms with E-state index in [1.165, 1.54) is 0 Å². The van der Waals surface area contributed by atoms with Crippen molar-refractivity contribution in [1.29, 1.82) is 0 Å². The minimum Gasteiger partial charge on any atom is -0.376 e. The molecular formula is C7H11NO4. The van der Waals surface area contributed by atoms with Crippen molar-refractivity contribution in [3.8, 4) is 0 Å².